The van der Waals surface area contributed by atoms with Crippen molar-refractivity contribution in [3.8, 4) is 5.75 Å². The van der Waals surface area contributed by atoms with Gasteiger partial charge in [0.1, 0.15) is 11.4 Å². The van der Waals surface area contributed by atoms with Gasteiger partial charge in [0.2, 0.25) is 5.91 Å². The Kier molecular flexibility index (Phi) is 8.53. The fraction of sp³-hybridized carbons (Fsp3) is 0.286. The average molecular weight is 480 g/mol. The van der Waals surface area contributed by atoms with Gasteiger partial charge in [-0.25, -0.2) is 4.99 Å². The highest BCUT2D eigenvalue weighted by atomic mass is 35.5. The lowest BCUT2D eigenvalue weighted by atomic mass is 10.2. The Bertz CT molecular complexity index is 993. The third-order valence-electron chi connectivity index (χ3n) is 4.23. The van der Waals surface area contributed by atoms with Crippen molar-refractivity contribution in [2.45, 2.75) is 6.42 Å². The number of nitrogens with one attached hydrogen (secondary N) is 1. The molecule has 0 atom stereocenters. The first-order valence-electron chi connectivity index (χ1n) is 9.44. The first kappa shape index (κ1) is 23.3. The molecule has 0 fully saturated rings. The number of thioether (sulfide) groups is 1. The van der Waals surface area contributed by atoms with Crippen LogP contribution in [-0.4, -0.2) is 50.1 Å². The van der Waals surface area contributed by atoms with Crippen molar-refractivity contribution in [1.82, 2.24) is 5.32 Å². The lowest BCUT2D eigenvalue weighted by Crippen LogP contribution is -2.32. The zero-order chi connectivity index (χ0) is 22.2. The number of aliphatic imine (C=N–C) groups is 1. The number of amides is 2. The number of benzene rings is 1. The number of nitrogens with zero attached hydrogens (tertiary/aromatic N) is 2. The van der Waals surface area contributed by atoms with Crippen LogP contribution in [0, 0.1) is 0 Å². The minimum atomic E-state index is -0.280. The molecule has 1 aliphatic heterocycles. The molecule has 1 aromatic carbocycles. The van der Waals surface area contributed by atoms with Gasteiger partial charge >= 0.3 is 0 Å². The van der Waals surface area contributed by atoms with Gasteiger partial charge in [-0.05, 0) is 42.1 Å². The number of halogens is 1. The molecule has 0 unspecified atom stereocenters. The molecule has 2 heterocycles. The highest BCUT2D eigenvalue weighted by molar-refractivity contribution is 8.14. The molecule has 31 heavy (non-hydrogen) atoms. The van der Waals surface area contributed by atoms with E-state index in [1.54, 1.807) is 31.4 Å². The molecule has 3 rings (SSSR count). The maximum absolute atomic E-state index is 13.1. The average Bonchev–Trinajstić information content (AvgIpc) is 3.38. The first-order valence-corrected chi connectivity index (χ1v) is 11.7. The van der Waals surface area contributed by atoms with Gasteiger partial charge in [0.05, 0.1) is 23.6 Å². The predicted octanol–water partition coefficient (Wildman–Crippen LogP) is 4.04. The van der Waals surface area contributed by atoms with Crippen molar-refractivity contribution in [1.29, 1.82) is 0 Å². The number of amidine groups is 1. The van der Waals surface area contributed by atoms with Crippen molar-refractivity contribution in [3.63, 3.8) is 0 Å². The third-order valence-corrected chi connectivity index (χ3v) is 6.28. The molecule has 2 aromatic rings. The Labute approximate surface area is 194 Å². The van der Waals surface area contributed by atoms with E-state index in [1.165, 1.54) is 35.1 Å². The second-order valence-electron chi connectivity index (χ2n) is 6.38. The molecule has 7 nitrogen and oxygen atoms in total. The molecule has 164 valence electrons. The number of ether oxygens (including phenoxy) is 2. The summed E-state index contributed by atoms with van der Waals surface area (Å²) in [4.78, 5) is 32.2. The van der Waals surface area contributed by atoms with Crippen molar-refractivity contribution in [2.24, 2.45) is 4.99 Å². The van der Waals surface area contributed by atoms with Gasteiger partial charge < -0.3 is 14.8 Å². The molecule has 0 bridgehead atoms. The molecule has 1 aromatic heterocycles. The topological polar surface area (TPSA) is 80.2 Å². The molecule has 0 saturated carbocycles. The first-order chi connectivity index (χ1) is 15.0. The van der Waals surface area contributed by atoms with Gasteiger partial charge in [-0.1, -0.05) is 29.4 Å². The van der Waals surface area contributed by atoms with Gasteiger partial charge in [0.15, 0.2) is 5.17 Å². The number of anilines is 1. The normalized spacial score (nSPS) is 14.8. The van der Waals surface area contributed by atoms with E-state index in [2.05, 4.69) is 10.3 Å². The minimum Gasteiger partial charge on any atom is -0.495 e. The van der Waals surface area contributed by atoms with Crippen LogP contribution >= 0.6 is 34.7 Å². The Morgan fingerprint density at radius 3 is 2.87 bits per heavy atom. The lowest BCUT2D eigenvalue weighted by Gasteiger charge is -2.18. The van der Waals surface area contributed by atoms with E-state index in [9.17, 15) is 9.59 Å². The predicted molar refractivity (Wildman–Crippen MR) is 127 cm³/mol. The molecule has 0 spiro atoms. The largest absolute Gasteiger partial charge is 0.495 e. The molecule has 0 aliphatic carbocycles. The van der Waals surface area contributed by atoms with Crippen molar-refractivity contribution in [2.75, 3.05) is 38.0 Å². The summed E-state index contributed by atoms with van der Waals surface area (Å²) < 4.78 is 10.2. The summed E-state index contributed by atoms with van der Waals surface area (Å²) >= 11 is 8.98. The molecular formula is C21H22ClN3O4S2. The number of thiophene rings is 1. The van der Waals surface area contributed by atoms with Crippen LogP contribution in [0.15, 0.2) is 46.4 Å². The van der Waals surface area contributed by atoms with Crippen LogP contribution in [0.2, 0.25) is 5.02 Å². The number of hydrogen-bond acceptors (Lipinski definition) is 7. The van der Waals surface area contributed by atoms with Crippen molar-refractivity contribution < 1.29 is 19.1 Å². The quantitative estimate of drug-likeness (QED) is 0.433. The Balaban J connectivity index is 1.80. The summed E-state index contributed by atoms with van der Waals surface area (Å²) in [5.41, 5.74) is 0.856. The Hall–Kier alpha value is -2.33. The number of carbonyl (C=O) groups excluding carboxylic acids is 2. The third kappa shape index (κ3) is 6.10. The standard InChI is InChI=1S/C21H22ClN3O4S2/c1-28-9-4-8-23-19(26)13-31-21-24-17(12-15-5-3-10-30-15)20(27)25(21)14-6-7-18(29-2)16(22)11-14/h3,5-7,10-12H,4,8-9,13H2,1-2H3,(H,23,26)/b17-12-. The number of methoxy groups -OCH3 is 2. The summed E-state index contributed by atoms with van der Waals surface area (Å²) in [5, 5.41) is 5.56. The van der Waals surface area contributed by atoms with E-state index in [1.807, 2.05) is 17.5 Å². The zero-order valence-corrected chi connectivity index (χ0v) is 19.5. The van der Waals surface area contributed by atoms with Crippen LogP contribution in [0.3, 0.4) is 0 Å². The summed E-state index contributed by atoms with van der Waals surface area (Å²) in [6, 6.07) is 8.89. The number of hydrogen-bond donors (Lipinski definition) is 1. The molecular weight excluding hydrogens is 458 g/mol. The van der Waals surface area contributed by atoms with E-state index in [0.29, 0.717) is 40.5 Å². The van der Waals surface area contributed by atoms with Gasteiger partial charge in [0, 0.05) is 25.1 Å². The molecule has 1 N–H and O–H groups in total. The summed E-state index contributed by atoms with van der Waals surface area (Å²) in [6.07, 6.45) is 2.47. The smallest absolute Gasteiger partial charge is 0.283 e. The Morgan fingerprint density at radius 1 is 1.35 bits per heavy atom. The van der Waals surface area contributed by atoms with Crippen LogP contribution in [-0.2, 0) is 14.3 Å². The molecule has 0 radical (unpaired) electrons. The number of carbonyl (C=O) groups is 2. The second-order valence-corrected chi connectivity index (χ2v) is 8.71. The number of rotatable bonds is 9. The molecule has 2 amide bonds. The van der Waals surface area contributed by atoms with Crippen LogP contribution < -0.4 is 15.0 Å². The fourth-order valence-electron chi connectivity index (χ4n) is 2.75. The van der Waals surface area contributed by atoms with Gasteiger partial charge in [-0.2, -0.15) is 0 Å². The zero-order valence-electron chi connectivity index (χ0n) is 17.1. The van der Waals surface area contributed by atoms with E-state index < -0.39 is 0 Å². The monoisotopic (exact) mass is 479 g/mol. The highest BCUT2D eigenvalue weighted by Crippen LogP contribution is 2.34. The Morgan fingerprint density at radius 2 is 2.19 bits per heavy atom. The molecule has 10 heteroatoms. The summed E-state index contributed by atoms with van der Waals surface area (Å²) in [5.74, 6) is 0.219. The van der Waals surface area contributed by atoms with E-state index in [0.717, 1.165) is 11.3 Å². The van der Waals surface area contributed by atoms with Crippen LogP contribution in [0.1, 0.15) is 11.3 Å². The fourth-order valence-corrected chi connectivity index (χ4v) is 4.49. The molecule has 1 aliphatic rings. The van der Waals surface area contributed by atoms with Crippen LogP contribution in [0.5, 0.6) is 5.75 Å². The van der Waals surface area contributed by atoms with Crippen LogP contribution in [0.4, 0.5) is 5.69 Å². The highest BCUT2D eigenvalue weighted by Gasteiger charge is 2.32. The van der Waals surface area contributed by atoms with Crippen LogP contribution in [0.25, 0.3) is 6.08 Å². The van der Waals surface area contributed by atoms with Gasteiger partial charge in [0.25, 0.3) is 5.91 Å². The lowest BCUT2D eigenvalue weighted by molar-refractivity contribution is -0.118. The maximum Gasteiger partial charge on any atom is 0.283 e. The van der Waals surface area contributed by atoms with E-state index in [-0.39, 0.29) is 17.6 Å². The second kappa shape index (κ2) is 11.3. The van der Waals surface area contributed by atoms with Crippen molar-refractivity contribution in [3.05, 3.63) is 51.3 Å². The van der Waals surface area contributed by atoms with Gasteiger partial charge in [-0.3, -0.25) is 14.5 Å². The van der Waals surface area contributed by atoms with Crippen molar-refractivity contribution >= 4 is 63.4 Å². The summed E-state index contributed by atoms with van der Waals surface area (Å²) in [6.45, 7) is 1.11. The van der Waals surface area contributed by atoms with E-state index in [4.69, 9.17) is 21.1 Å². The molecule has 0 saturated heterocycles. The maximum atomic E-state index is 13.1. The minimum absolute atomic E-state index is 0.131. The summed E-state index contributed by atoms with van der Waals surface area (Å²) in [7, 11) is 3.14. The van der Waals surface area contributed by atoms with Gasteiger partial charge in [-0.15, -0.1) is 11.3 Å². The van der Waals surface area contributed by atoms with E-state index >= 15 is 0 Å². The SMILES string of the molecule is COCCCNC(=O)CSC1=N/C(=C\c2cccs2)C(=O)N1c1ccc(OC)c(Cl)c1.